The summed E-state index contributed by atoms with van der Waals surface area (Å²) in [4.78, 5) is 26.2. The van der Waals surface area contributed by atoms with Gasteiger partial charge in [0.1, 0.15) is 17.3 Å². The molecule has 1 aromatic heterocycles. The lowest BCUT2D eigenvalue weighted by Gasteiger charge is -2.28. The average Bonchev–Trinajstić information content (AvgIpc) is 3.49. The molecule has 0 fully saturated rings. The number of thioether (sulfide) groups is 1. The summed E-state index contributed by atoms with van der Waals surface area (Å²) in [6.45, 7) is 6.67. The Morgan fingerprint density at radius 1 is 0.975 bits per heavy atom. The van der Waals surface area contributed by atoms with Gasteiger partial charge in [0.2, 0.25) is 5.91 Å². The van der Waals surface area contributed by atoms with Crippen molar-refractivity contribution in [2.75, 3.05) is 29.6 Å². The summed E-state index contributed by atoms with van der Waals surface area (Å²) < 4.78 is 16.6. The second kappa shape index (κ2) is 13.4. The fourth-order valence-electron chi connectivity index (χ4n) is 4.20. The van der Waals surface area contributed by atoms with Crippen molar-refractivity contribution in [3.8, 4) is 17.6 Å². The molecule has 2 heterocycles. The number of hydrogen-bond donors (Lipinski definition) is 3. The number of hydrogen-bond acceptors (Lipinski definition) is 8. The smallest absolute Gasteiger partial charge is 0.254 e. The average molecular weight is 559 g/mol. The van der Waals surface area contributed by atoms with Gasteiger partial charge in [-0.2, -0.15) is 5.26 Å². The Labute approximate surface area is 237 Å². The Balaban J connectivity index is 1.51. The number of benzene rings is 2. The molecule has 0 aliphatic carbocycles. The third-order valence-electron chi connectivity index (χ3n) is 5.94. The fourth-order valence-corrected chi connectivity index (χ4v) is 5.09. The monoisotopic (exact) mass is 558 g/mol. The summed E-state index contributed by atoms with van der Waals surface area (Å²) in [5.41, 5.74) is 2.41. The Morgan fingerprint density at radius 3 is 2.10 bits per heavy atom. The van der Waals surface area contributed by atoms with E-state index in [0.29, 0.717) is 52.4 Å². The van der Waals surface area contributed by atoms with Gasteiger partial charge in [-0.15, -0.1) is 0 Å². The van der Waals surface area contributed by atoms with Crippen molar-refractivity contribution in [3.63, 3.8) is 0 Å². The molecule has 0 radical (unpaired) electrons. The van der Waals surface area contributed by atoms with Gasteiger partial charge in [-0.05, 0) is 81.4 Å². The summed E-state index contributed by atoms with van der Waals surface area (Å²) in [5, 5.41) is 19.6. The Morgan fingerprint density at radius 2 is 1.57 bits per heavy atom. The van der Waals surface area contributed by atoms with Gasteiger partial charge in [-0.1, -0.05) is 11.8 Å². The van der Waals surface area contributed by atoms with Crippen LogP contribution in [-0.2, 0) is 9.59 Å². The van der Waals surface area contributed by atoms with Gasteiger partial charge in [-0.3, -0.25) is 9.59 Å². The first kappa shape index (κ1) is 28.4. The molecule has 0 saturated carbocycles. The molecule has 0 saturated heterocycles. The summed E-state index contributed by atoms with van der Waals surface area (Å²) >= 11 is 1.19. The topological polar surface area (TPSA) is 126 Å². The van der Waals surface area contributed by atoms with Crippen LogP contribution in [-0.4, -0.2) is 30.8 Å². The third kappa shape index (κ3) is 6.87. The molecule has 9 nitrogen and oxygen atoms in total. The second-order valence-electron chi connectivity index (χ2n) is 8.67. The molecule has 2 amide bonds. The minimum atomic E-state index is -0.749. The number of anilines is 2. The number of rotatable bonds is 11. The van der Waals surface area contributed by atoms with E-state index in [0.717, 1.165) is 5.75 Å². The van der Waals surface area contributed by atoms with E-state index in [1.54, 1.807) is 67.6 Å². The number of carbonyl (C=O) groups is 2. The van der Waals surface area contributed by atoms with Gasteiger partial charge in [0, 0.05) is 17.1 Å². The first-order valence-corrected chi connectivity index (χ1v) is 13.8. The van der Waals surface area contributed by atoms with Crippen molar-refractivity contribution in [3.05, 3.63) is 94.6 Å². The summed E-state index contributed by atoms with van der Waals surface area (Å²) in [6.07, 6.45) is 1.50. The number of allylic oxidation sites excluding steroid dienone is 2. The Hall–Kier alpha value is -4.62. The van der Waals surface area contributed by atoms with Crippen molar-refractivity contribution >= 4 is 35.0 Å². The Kier molecular flexibility index (Phi) is 9.54. The molecule has 0 bridgehead atoms. The highest BCUT2D eigenvalue weighted by Crippen LogP contribution is 2.41. The zero-order valence-electron chi connectivity index (χ0n) is 22.4. The van der Waals surface area contributed by atoms with Crippen LogP contribution in [0.5, 0.6) is 11.5 Å². The maximum absolute atomic E-state index is 13.5. The van der Waals surface area contributed by atoms with Crippen molar-refractivity contribution in [2.45, 2.75) is 26.7 Å². The zero-order valence-corrected chi connectivity index (χ0v) is 23.3. The van der Waals surface area contributed by atoms with Gasteiger partial charge in [0.15, 0.2) is 0 Å². The van der Waals surface area contributed by atoms with E-state index < -0.39 is 5.92 Å². The van der Waals surface area contributed by atoms with Gasteiger partial charge >= 0.3 is 0 Å². The van der Waals surface area contributed by atoms with Crippen molar-refractivity contribution in [2.24, 2.45) is 0 Å². The molecule has 0 spiro atoms. The van der Waals surface area contributed by atoms with Crippen LogP contribution in [0.3, 0.4) is 0 Å². The molecule has 2 aromatic carbocycles. The molecule has 1 atom stereocenters. The normalized spacial score (nSPS) is 14.7. The molecule has 1 aliphatic rings. The molecule has 1 unspecified atom stereocenters. The molecule has 206 valence electrons. The van der Waals surface area contributed by atoms with Gasteiger partial charge in [0.25, 0.3) is 5.91 Å². The van der Waals surface area contributed by atoms with Crippen LogP contribution in [0, 0.1) is 11.3 Å². The quantitative estimate of drug-likeness (QED) is 0.270. The second-order valence-corrected chi connectivity index (χ2v) is 9.66. The van der Waals surface area contributed by atoms with Crippen LogP contribution in [0.2, 0.25) is 0 Å². The highest BCUT2D eigenvalue weighted by molar-refractivity contribution is 8.03. The van der Waals surface area contributed by atoms with Gasteiger partial charge in [0.05, 0.1) is 53.4 Å². The fraction of sp³-hybridized carbons (Fsp3) is 0.233. The molecule has 3 N–H and O–H groups in total. The third-order valence-corrected chi connectivity index (χ3v) is 6.96. The number of nitrogens with one attached hydrogen (secondary N) is 3. The predicted molar refractivity (Wildman–Crippen MR) is 155 cm³/mol. The number of nitriles is 1. The van der Waals surface area contributed by atoms with Crippen LogP contribution in [0.4, 0.5) is 11.4 Å². The lowest BCUT2D eigenvalue weighted by molar-refractivity contribution is -0.114. The van der Waals surface area contributed by atoms with Crippen LogP contribution >= 0.6 is 11.8 Å². The molecule has 3 aromatic rings. The van der Waals surface area contributed by atoms with E-state index in [2.05, 4.69) is 22.0 Å². The zero-order chi connectivity index (χ0) is 28.5. The minimum absolute atomic E-state index is 0.0482. The van der Waals surface area contributed by atoms with E-state index in [1.165, 1.54) is 18.0 Å². The van der Waals surface area contributed by atoms with E-state index in [1.807, 2.05) is 13.8 Å². The lowest BCUT2D eigenvalue weighted by Crippen LogP contribution is -2.31. The van der Waals surface area contributed by atoms with Crippen LogP contribution in [0.25, 0.3) is 0 Å². The first-order chi connectivity index (χ1) is 19.4. The number of nitrogens with zero attached hydrogens (tertiary/aromatic N) is 1. The summed E-state index contributed by atoms with van der Waals surface area (Å²) in [6, 6.07) is 19.8. The predicted octanol–water partition coefficient (Wildman–Crippen LogP) is 5.78. The molecule has 4 rings (SSSR count). The SMILES string of the molecule is CCOc1ccc(NC(=O)CSC2=C(C#N)C(c3ccco3)C(C(=O)Nc3ccc(OCC)cc3)=C(C)N2)cc1. The van der Waals surface area contributed by atoms with Crippen molar-refractivity contribution in [1.82, 2.24) is 5.32 Å². The molecule has 40 heavy (non-hydrogen) atoms. The van der Waals surface area contributed by atoms with Gasteiger partial charge < -0.3 is 29.8 Å². The number of furan rings is 1. The van der Waals surface area contributed by atoms with Crippen LogP contribution in [0.15, 0.2) is 93.2 Å². The standard InChI is InChI=1S/C30H30N4O5S/c1-4-37-22-12-8-20(9-13-22)33-26(35)18-40-30-24(17-31)28(25-7-6-16-39-25)27(19(3)32-30)29(36)34-21-10-14-23(15-11-21)38-5-2/h6-16,28,32H,4-5,18H2,1-3H3,(H,33,35)(H,34,36). The van der Waals surface area contributed by atoms with E-state index in [4.69, 9.17) is 13.9 Å². The van der Waals surface area contributed by atoms with Gasteiger partial charge in [-0.25, -0.2) is 0 Å². The summed E-state index contributed by atoms with van der Waals surface area (Å²) in [7, 11) is 0. The molecule has 1 aliphatic heterocycles. The van der Waals surface area contributed by atoms with E-state index in [9.17, 15) is 14.9 Å². The highest BCUT2D eigenvalue weighted by Gasteiger charge is 2.36. The maximum Gasteiger partial charge on any atom is 0.254 e. The molecule has 10 heteroatoms. The van der Waals surface area contributed by atoms with Crippen molar-refractivity contribution < 1.29 is 23.5 Å². The number of amides is 2. The summed E-state index contributed by atoms with van der Waals surface area (Å²) in [5.74, 6) is 0.556. The number of dihydropyridines is 1. The van der Waals surface area contributed by atoms with Crippen molar-refractivity contribution in [1.29, 1.82) is 5.26 Å². The minimum Gasteiger partial charge on any atom is -0.494 e. The highest BCUT2D eigenvalue weighted by atomic mass is 32.2. The van der Waals surface area contributed by atoms with Crippen LogP contribution < -0.4 is 25.4 Å². The number of carbonyl (C=O) groups excluding carboxylic acids is 2. The van der Waals surface area contributed by atoms with E-state index in [-0.39, 0.29) is 23.1 Å². The van der Waals surface area contributed by atoms with Crippen LogP contribution in [0.1, 0.15) is 32.4 Å². The largest absolute Gasteiger partial charge is 0.494 e. The molecular weight excluding hydrogens is 528 g/mol. The van der Waals surface area contributed by atoms with E-state index >= 15 is 0 Å². The molecular formula is C30H30N4O5S. The maximum atomic E-state index is 13.5. The number of ether oxygens (including phenoxy) is 2. The lowest BCUT2D eigenvalue weighted by atomic mass is 9.85. The first-order valence-electron chi connectivity index (χ1n) is 12.8. The Bertz CT molecular complexity index is 1440.